The third kappa shape index (κ3) is 2.49. The Morgan fingerprint density at radius 3 is 2.96 bits per heavy atom. The summed E-state index contributed by atoms with van der Waals surface area (Å²) in [6.45, 7) is 5.98. The maximum Gasteiger partial charge on any atom is 0.101 e. The van der Waals surface area contributed by atoms with Crippen molar-refractivity contribution in [1.29, 1.82) is 5.26 Å². The van der Waals surface area contributed by atoms with Crippen molar-refractivity contribution in [2.75, 3.05) is 23.7 Å². The number of fused-ring (bicyclic) bond motifs is 3. The topological polar surface area (TPSA) is 72.8 Å². The van der Waals surface area contributed by atoms with E-state index in [1.807, 2.05) is 32.0 Å². The van der Waals surface area contributed by atoms with E-state index in [-0.39, 0.29) is 0 Å². The third-order valence-corrected chi connectivity index (χ3v) is 5.00. The second-order valence-corrected chi connectivity index (χ2v) is 6.66. The van der Waals surface area contributed by atoms with Crippen LogP contribution in [0.1, 0.15) is 34.9 Å². The zero-order chi connectivity index (χ0) is 16.7. The van der Waals surface area contributed by atoms with E-state index in [4.69, 9.17) is 0 Å². The Bertz CT molecular complexity index is 836. The quantitative estimate of drug-likeness (QED) is 0.793. The summed E-state index contributed by atoms with van der Waals surface area (Å²) in [5.74, 6) is 0.430. The molecule has 2 aliphatic heterocycles. The van der Waals surface area contributed by atoms with Crippen molar-refractivity contribution in [3.63, 3.8) is 0 Å². The summed E-state index contributed by atoms with van der Waals surface area (Å²) in [5, 5.41) is 20.0. The van der Waals surface area contributed by atoms with E-state index in [0.717, 1.165) is 48.0 Å². The van der Waals surface area contributed by atoms with Gasteiger partial charge in [-0.05, 0) is 56.6 Å². The van der Waals surface area contributed by atoms with E-state index >= 15 is 0 Å². The summed E-state index contributed by atoms with van der Waals surface area (Å²) in [4.78, 5) is 4.50. The zero-order valence-corrected chi connectivity index (χ0v) is 14.0. The molecule has 2 aromatic rings. The fourth-order valence-corrected chi connectivity index (χ4v) is 3.80. The smallest absolute Gasteiger partial charge is 0.101 e. The molecule has 0 amide bonds. The van der Waals surface area contributed by atoms with Gasteiger partial charge in [-0.1, -0.05) is 0 Å². The van der Waals surface area contributed by atoms with E-state index in [1.165, 1.54) is 5.56 Å². The van der Waals surface area contributed by atoms with Crippen molar-refractivity contribution in [2.45, 2.75) is 32.2 Å². The van der Waals surface area contributed by atoms with E-state index < -0.39 is 0 Å². The molecule has 0 unspecified atom stereocenters. The number of rotatable bonds is 2. The summed E-state index contributed by atoms with van der Waals surface area (Å²) in [6.07, 6.45) is 1.09. The largest absolute Gasteiger partial charge is 0.380 e. The summed E-state index contributed by atoms with van der Waals surface area (Å²) in [7, 11) is 0. The van der Waals surface area contributed by atoms with Crippen LogP contribution in [-0.4, -0.2) is 24.1 Å². The number of hydrogen-bond donors (Lipinski definition) is 3. The standard InChI is InChI=1S/C19H21N5/c1-11-3-4-17(12(2)22-11)23-14-7-13(9-20)19-15(8-14)16-10-21-6-5-18(16)24-19/h3-4,7-8,16,18,21,23-24H,5-6,10H2,1-2H3/t16-,18-/m0/s1. The zero-order valence-electron chi connectivity index (χ0n) is 14.0. The lowest BCUT2D eigenvalue weighted by Crippen LogP contribution is -2.38. The van der Waals surface area contributed by atoms with Crippen LogP contribution >= 0.6 is 0 Å². The van der Waals surface area contributed by atoms with E-state index in [1.54, 1.807) is 0 Å². The molecule has 1 aromatic heterocycles. The minimum Gasteiger partial charge on any atom is -0.380 e. The number of aryl methyl sites for hydroxylation is 2. The van der Waals surface area contributed by atoms with Gasteiger partial charge in [0.1, 0.15) is 6.07 Å². The molecule has 1 saturated heterocycles. The fourth-order valence-electron chi connectivity index (χ4n) is 3.80. The van der Waals surface area contributed by atoms with Gasteiger partial charge >= 0.3 is 0 Å². The van der Waals surface area contributed by atoms with Gasteiger partial charge in [0.15, 0.2) is 0 Å². The minimum atomic E-state index is 0.430. The predicted molar refractivity (Wildman–Crippen MR) is 95.8 cm³/mol. The number of anilines is 3. The van der Waals surface area contributed by atoms with E-state index in [0.29, 0.717) is 17.5 Å². The monoisotopic (exact) mass is 319 g/mol. The predicted octanol–water partition coefficient (Wildman–Crippen LogP) is 3.18. The Morgan fingerprint density at radius 1 is 1.29 bits per heavy atom. The summed E-state index contributed by atoms with van der Waals surface area (Å²) in [5.41, 5.74) is 6.87. The molecule has 4 rings (SSSR count). The first-order chi connectivity index (χ1) is 11.7. The number of nitriles is 1. The molecule has 5 heteroatoms. The van der Waals surface area contributed by atoms with Crippen molar-refractivity contribution in [3.8, 4) is 6.07 Å². The lowest BCUT2D eigenvalue weighted by atomic mass is 9.89. The maximum atomic E-state index is 9.57. The molecule has 2 atom stereocenters. The highest BCUT2D eigenvalue weighted by atomic mass is 15.0. The second kappa shape index (κ2) is 5.81. The van der Waals surface area contributed by atoms with Gasteiger partial charge in [-0.2, -0.15) is 5.26 Å². The van der Waals surface area contributed by atoms with Crippen molar-refractivity contribution in [3.05, 3.63) is 46.8 Å². The number of nitrogens with zero attached hydrogens (tertiary/aromatic N) is 2. The van der Waals surface area contributed by atoms with Gasteiger partial charge in [-0.15, -0.1) is 0 Å². The minimum absolute atomic E-state index is 0.430. The van der Waals surface area contributed by atoms with Gasteiger partial charge in [0.2, 0.25) is 0 Å². The van der Waals surface area contributed by atoms with Gasteiger partial charge in [0.25, 0.3) is 0 Å². The first kappa shape index (κ1) is 15.0. The number of pyridine rings is 1. The molecule has 0 spiro atoms. The Kier molecular flexibility index (Phi) is 3.62. The molecule has 3 heterocycles. The number of aromatic nitrogens is 1. The molecule has 2 aliphatic rings. The van der Waals surface area contributed by atoms with Crippen molar-refractivity contribution >= 4 is 17.1 Å². The van der Waals surface area contributed by atoms with Crippen LogP contribution in [0, 0.1) is 25.2 Å². The molecule has 0 radical (unpaired) electrons. The Labute approximate surface area is 142 Å². The Hall–Kier alpha value is -2.58. The molecule has 0 aliphatic carbocycles. The number of benzene rings is 1. The first-order valence-electron chi connectivity index (χ1n) is 8.42. The van der Waals surface area contributed by atoms with Crippen molar-refractivity contribution in [1.82, 2.24) is 10.3 Å². The molecular weight excluding hydrogens is 298 g/mol. The lowest BCUT2D eigenvalue weighted by molar-refractivity contribution is 0.440. The number of nitrogens with one attached hydrogen (secondary N) is 3. The summed E-state index contributed by atoms with van der Waals surface area (Å²) >= 11 is 0. The molecule has 1 fully saturated rings. The molecular formula is C19H21N5. The van der Waals surface area contributed by atoms with E-state index in [9.17, 15) is 5.26 Å². The normalized spacial score (nSPS) is 21.4. The van der Waals surface area contributed by atoms with Gasteiger partial charge < -0.3 is 16.0 Å². The lowest BCUT2D eigenvalue weighted by Gasteiger charge is -2.26. The fraction of sp³-hybridized carbons (Fsp3) is 0.368. The first-order valence-corrected chi connectivity index (χ1v) is 8.42. The third-order valence-electron chi connectivity index (χ3n) is 5.00. The van der Waals surface area contributed by atoms with Crippen LogP contribution in [0.25, 0.3) is 0 Å². The van der Waals surface area contributed by atoms with Crippen LogP contribution in [0.3, 0.4) is 0 Å². The van der Waals surface area contributed by atoms with Crippen LogP contribution < -0.4 is 16.0 Å². The molecule has 0 saturated carbocycles. The average molecular weight is 319 g/mol. The Balaban J connectivity index is 1.72. The number of piperidine rings is 1. The van der Waals surface area contributed by atoms with E-state index in [2.05, 4.69) is 33.1 Å². The highest BCUT2D eigenvalue weighted by Crippen LogP contribution is 2.42. The Morgan fingerprint density at radius 2 is 2.17 bits per heavy atom. The molecule has 1 aromatic carbocycles. The SMILES string of the molecule is Cc1ccc(Nc2cc(C#N)c3c(c2)[C@@H]2CNCC[C@@H]2N3)c(C)n1. The van der Waals surface area contributed by atoms with Gasteiger partial charge in [-0.3, -0.25) is 4.98 Å². The molecule has 5 nitrogen and oxygen atoms in total. The van der Waals surface area contributed by atoms with Crippen LogP contribution in [0.5, 0.6) is 0 Å². The van der Waals surface area contributed by atoms with Gasteiger partial charge in [-0.25, -0.2) is 0 Å². The second-order valence-electron chi connectivity index (χ2n) is 6.66. The van der Waals surface area contributed by atoms with Crippen molar-refractivity contribution in [2.24, 2.45) is 0 Å². The van der Waals surface area contributed by atoms with Crippen LogP contribution in [0.15, 0.2) is 24.3 Å². The van der Waals surface area contributed by atoms with Crippen LogP contribution in [0.2, 0.25) is 0 Å². The molecule has 0 bridgehead atoms. The van der Waals surface area contributed by atoms with Gasteiger partial charge in [0.05, 0.1) is 22.6 Å². The summed E-state index contributed by atoms with van der Waals surface area (Å²) in [6, 6.07) is 10.9. The highest BCUT2D eigenvalue weighted by Gasteiger charge is 2.35. The number of hydrogen-bond acceptors (Lipinski definition) is 5. The molecule has 122 valence electrons. The molecule has 24 heavy (non-hydrogen) atoms. The van der Waals surface area contributed by atoms with Gasteiger partial charge in [0, 0.05) is 29.9 Å². The maximum absolute atomic E-state index is 9.57. The average Bonchev–Trinajstić information content (AvgIpc) is 2.95. The van der Waals surface area contributed by atoms with Crippen LogP contribution in [-0.2, 0) is 0 Å². The summed E-state index contributed by atoms with van der Waals surface area (Å²) < 4.78 is 0. The van der Waals surface area contributed by atoms with Crippen LogP contribution in [0.4, 0.5) is 17.1 Å². The highest BCUT2D eigenvalue weighted by molar-refractivity contribution is 5.75. The van der Waals surface area contributed by atoms with Crippen molar-refractivity contribution < 1.29 is 0 Å². The molecule has 3 N–H and O–H groups in total.